The highest BCUT2D eigenvalue weighted by Gasteiger charge is 2.33. The molecule has 0 radical (unpaired) electrons. The zero-order valence-electron chi connectivity index (χ0n) is 8.96. The fraction of sp³-hybridized carbons (Fsp3) is 1.00. The Labute approximate surface area is 85.8 Å². The fourth-order valence-corrected chi connectivity index (χ4v) is 2.12. The minimum atomic E-state index is -0.315. The maximum atomic E-state index is 9.72. The molecule has 4 N–H and O–H groups in total. The van der Waals surface area contributed by atoms with E-state index >= 15 is 0 Å². The quantitative estimate of drug-likeness (QED) is 0.573. The van der Waals surface area contributed by atoms with Crippen LogP contribution in [-0.4, -0.2) is 44.6 Å². The molecule has 1 heterocycles. The van der Waals surface area contributed by atoms with E-state index in [1.54, 1.807) is 0 Å². The second kappa shape index (κ2) is 5.66. The average molecular weight is 202 g/mol. The molecule has 1 rings (SSSR count). The maximum Gasteiger partial charge on any atom is 0.0671 e. The molecule has 0 aromatic rings. The summed E-state index contributed by atoms with van der Waals surface area (Å²) in [6, 6.07) is 0. The van der Waals surface area contributed by atoms with Crippen molar-refractivity contribution in [3.05, 3.63) is 0 Å². The Hall–Kier alpha value is -0.160. The molecule has 14 heavy (non-hydrogen) atoms. The van der Waals surface area contributed by atoms with Crippen LogP contribution in [0.25, 0.3) is 0 Å². The van der Waals surface area contributed by atoms with Gasteiger partial charge in [0.1, 0.15) is 0 Å². The van der Waals surface area contributed by atoms with Gasteiger partial charge in [0.25, 0.3) is 0 Å². The van der Waals surface area contributed by atoms with Gasteiger partial charge in [0.05, 0.1) is 12.7 Å². The largest absolute Gasteiger partial charge is 0.392 e. The van der Waals surface area contributed by atoms with Gasteiger partial charge in [0.2, 0.25) is 0 Å². The molecule has 0 unspecified atom stereocenters. The third kappa shape index (κ3) is 3.20. The highest BCUT2D eigenvalue weighted by atomic mass is 16.5. The Morgan fingerprint density at radius 3 is 2.93 bits per heavy atom. The Bertz CT molecular complexity index is 158. The Balaban J connectivity index is 2.42. The number of hydrogen-bond donors (Lipinski definition) is 3. The Morgan fingerprint density at radius 1 is 1.64 bits per heavy atom. The van der Waals surface area contributed by atoms with Crippen LogP contribution in [0.4, 0.5) is 0 Å². The van der Waals surface area contributed by atoms with Crippen LogP contribution in [0.5, 0.6) is 0 Å². The molecule has 1 aliphatic heterocycles. The summed E-state index contributed by atoms with van der Waals surface area (Å²) < 4.78 is 5.44. The van der Waals surface area contributed by atoms with Crippen molar-refractivity contribution in [3.8, 4) is 0 Å². The van der Waals surface area contributed by atoms with Crippen LogP contribution in [0.3, 0.4) is 0 Å². The van der Waals surface area contributed by atoms with E-state index in [-0.39, 0.29) is 11.5 Å². The van der Waals surface area contributed by atoms with E-state index in [0.717, 1.165) is 25.9 Å². The summed E-state index contributed by atoms with van der Waals surface area (Å²) in [5.41, 5.74) is 5.78. The van der Waals surface area contributed by atoms with Crippen molar-refractivity contribution in [1.82, 2.24) is 5.32 Å². The standard InChI is InChI=1S/C10H22N2O2/c1-12-6-9(13)5-10(7-11)3-2-4-14-8-10/h9,12-13H,2-8,11H2,1H3/t9-,10+/m1/s1. The molecule has 0 aromatic heterocycles. The third-order valence-corrected chi connectivity index (χ3v) is 2.95. The van der Waals surface area contributed by atoms with Crippen LogP contribution < -0.4 is 11.1 Å². The molecule has 0 amide bonds. The monoisotopic (exact) mass is 202 g/mol. The zero-order chi connectivity index (χ0) is 10.4. The number of nitrogens with two attached hydrogens (primary N) is 1. The first kappa shape index (κ1) is 11.9. The summed E-state index contributed by atoms with van der Waals surface area (Å²) in [6.07, 6.45) is 2.56. The van der Waals surface area contributed by atoms with Crippen molar-refractivity contribution in [1.29, 1.82) is 0 Å². The van der Waals surface area contributed by atoms with Crippen molar-refractivity contribution < 1.29 is 9.84 Å². The molecule has 1 saturated heterocycles. The molecule has 84 valence electrons. The molecule has 1 aliphatic rings. The first-order valence-corrected chi connectivity index (χ1v) is 5.33. The number of aliphatic hydroxyl groups is 1. The van der Waals surface area contributed by atoms with E-state index < -0.39 is 0 Å². The predicted octanol–water partition coefficient (Wildman–Crippen LogP) is -0.288. The van der Waals surface area contributed by atoms with Crippen LogP contribution in [0.1, 0.15) is 19.3 Å². The number of rotatable bonds is 5. The normalized spacial score (nSPS) is 30.2. The molecule has 2 atom stereocenters. The van der Waals surface area contributed by atoms with E-state index in [1.807, 2.05) is 7.05 Å². The fourth-order valence-electron chi connectivity index (χ4n) is 2.12. The van der Waals surface area contributed by atoms with Gasteiger partial charge in [-0.1, -0.05) is 0 Å². The Kier molecular flexibility index (Phi) is 4.81. The molecule has 0 aliphatic carbocycles. The average Bonchev–Trinajstić information content (AvgIpc) is 2.19. The molecule has 1 fully saturated rings. The lowest BCUT2D eigenvalue weighted by Crippen LogP contribution is -2.43. The van der Waals surface area contributed by atoms with E-state index in [0.29, 0.717) is 19.7 Å². The summed E-state index contributed by atoms with van der Waals surface area (Å²) in [5, 5.41) is 12.7. The first-order chi connectivity index (χ1) is 6.72. The van der Waals surface area contributed by atoms with Crippen molar-refractivity contribution >= 4 is 0 Å². The summed E-state index contributed by atoms with van der Waals surface area (Å²) >= 11 is 0. The molecule has 4 heteroatoms. The number of ether oxygens (including phenoxy) is 1. The lowest BCUT2D eigenvalue weighted by Gasteiger charge is -2.37. The zero-order valence-corrected chi connectivity index (χ0v) is 8.96. The summed E-state index contributed by atoms with van der Waals surface area (Å²) in [4.78, 5) is 0. The van der Waals surface area contributed by atoms with Crippen molar-refractivity contribution in [2.45, 2.75) is 25.4 Å². The number of likely N-dealkylation sites (N-methyl/N-ethyl adjacent to an activating group) is 1. The van der Waals surface area contributed by atoms with Gasteiger partial charge in [-0.25, -0.2) is 0 Å². The topological polar surface area (TPSA) is 67.5 Å². The summed E-state index contributed by atoms with van der Waals surface area (Å²) in [6.45, 7) is 2.77. The highest BCUT2D eigenvalue weighted by Crippen LogP contribution is 2.32. The lowest BCUT2D eigenvalue weighted by atomic mass is 9.78. The van der Waals surface area contributed by atoms with Gasteiger partial charge in [-0.05, 0) is 26.3 Å². The number of nitrogens with one attached hydrogen (secondary N) is 1. The second-order valence-electron chi connectivity index (χ2n) is 4.28. The smallest absolute Gasteiger partial charge is 0.0671 e. The van der Waals surface area contributed by atoms with Crippen LogP contribution >= 0.6 is 0 Å². The summed E-state index contributed by atoms with van der Waals surface area (Å²) in [7, 11) is 1.84. The predicted molar refractivity (Wildman–Crippen MR) is 56.1 cm³/mol. The van der Waals surface area contributed by atoms with Gasteiger partial charge in [-0.2, -0.15) is 0 Å². The van der Waals surface area contributed by atoms with Crippen LogP contribution in [0.2, 0.25) is 0 Å². The van der Waals surface area contributed by atoms with Gasteiger partial charge in [0, 0.05) is 25.1 Å². The highest BCUT2D eigenvalue weighted by molar-refractivity contribution is 4.85. The Morgan fingerprint density at radius 2 is 2.43 bits per heavy atom. The van der Waals surface area contributed by atoms with Gasteiger partial charge in [-0.15, -0.1) is 0 Å². The van der Waals surface area contributed by atoms with Crippen molar-refractivity contribution in [2.24, 2.45) is 11.1 Å². The minimum absolute atomic E-state index is 0.00845. The summed E-state index contributed by atoms with van der Waals surface area (Å²) in [5.74, 6) is 0. The van der Waals surface area contributed by atoms with Crippen molar-refractivity contribution in [2.75, 3.05) is 33.4 Å². The molecule has 4 nitrogen and oxygen atoms in total. The van der Waals surface area contributed by atoms with Gasteiger partial charge >= 0.3 is 0 Å². The molecule has 0 saturated carbocycles. The maximum absolute atomic E-state index is 9.72. The lowest BCUT2D eigenvalue weighted by molar-refractivity contribution is -0.0295. The third-order valence-electron chi connectivity index (χ3n) is 2.95. The number of aliphatic hydroxyl groups excluding tert-OH is 1. The van der Waals surface area contributed by atoms with Gasteiger partial charge < -0.3 is 20.9 Å². The minimum Gasteiger partial charge on any atom is -0.392 e. The van der Waals surface area contributed by atoms with Gasteiger partial charge in [-0.3, -0.25) is 0 Å². The molecule has 0 spiro atoms. The van der Waals surface area contributed by atoms with E-state index in [4.69, 9.17) is 10.5 Å². The van der Waals surface area contributed by atoms with Gasteiger partial charge in [0.15, 0.2) is 0 Å². The van der Waals surface area contributed by atoms with Crippen LogP contribution in [-0.2, 0) is 4.74 Å². The van der Waals surface area contributed by atoms with Crippen molar-refractivity contribution in [3.63, 3.8) is 0 Å². The molecular weight excluding hydrogens is 180 g/mol. The van der Waals surface area contributed by atoms with Crippen LogP contribution in [0.15, 0.2) is 0 Å². The first-order valence-electron chi connectivity index (χ1n) is 5.33. The molecule has 0 aromatic carbocycles. The van der Waals surface area contributed by atoms with E-state index in [2.05, 4.69) is 5.32 Å². The molecule has 0 bridgehead atoms. The van der Waals surface area contributed by atoms with E-state index in [9.17, 15) is 5.11 Å². The van der Waals surface area contributed by atoms with E-state index in [1.165, 1.54) is 0 Å². The number of hydrogen-bond acceptors (Lipinski definition) is 4. The second-order valence-corrected chi connectivity index (χ2v) is 4.28. The SMILES string of the molecule is CNC[C@H](O)C[C@]1(CN)CCCOC1. The molecular formula is C10H22N2O2. The van der Waals surface area contributed by atoms with Crippen LogP contribution in [0, 0.1) is 5.41 Å².